The number of nitrogens with one attached hydrogen (secondary N) is 1. The summed E-state index contributed by atoms with van der Waals surface area (Å²) in [4.78, 5) is 15.4. The predicted octanol–water partition coefficient (Wildman–Crippen LogP) is 2.75. The van der Waals surface area contributed by atoms with Crippen LogP contribution in [0.15, 0.2) is 18.2 Å². The standard InChI is InChI=1S/C13H14ClF3N4OS/c14-9-2-1-8(13(15,16)17)7-10(9)19-12(22)21-5-3-20(4-6-21)11(18)23/h1-2,7H,3-6H2,(H2,18,23)(H,19,22). The third-order valence-electron chi connectivity index (χ3n) is 3.41. The first-order chi connectivity index (χ1) is 10.7. The lowest BCUT2D eigenvalue weighted by molar-refractivity contribution is -0.137. The lowest BCUT2D eigenvalue weighted by Gasteiger charge is -2.35. The van der Waals surface area contributed by atoms with Gasteiger partial charge in [0, 0.05) is 26.2 Å². The molecular formula is C13H14ClF3N4OS. The Morgan fingerprint density at radius 3 is 2.30 bits per heavy atom. The van der Waals surface area contributed by atoms with Crippen molar-refractivity contribution in [2.75, 3.05) is 31.5 Å². The number of thiocarbonyl (C=S) groups is 1. The van der Waals surface area contributed by atoms with Crippen LogP contribution in [-0.2, 0) is 6.18 Å². The van der Waals surface area contributed by atoms with E-state index in [1.54, 1.807) is 4.90 Å². The highest BCUT2D eigenvalue weighted by Crippen LogP contribution is 2.33. The monoisotopic (exact) mass is 366 g/mol. The Hall–Kier alpha value is -1.74. The number of hydrogen-bond acceptors (Lipinski definition) is 2. The van der Waals surface area contributed by atoms with Crippen molar-refractivity contribution in [1.82, 2.24) is 9.80 Å². The molecule has 1 heterocycles. The van der Waals surface area contributed by atoms with Gasteiger partial charge in [0.15, 0.2) is 5.11 Å². The van der Waals surface area contributed by atoms with Crippen LogP contribution >= 0.6 is 23.8 Å². The number of benzene rings is 1. The van der Waals surface area contributed by atoms with Gasteiger partial charge < -0.3 is 20.9 Å². The largest absolute Gasteiger partial charge is 0.416 e. The van der Waals surface area contributed by atoms with Gasteiger partial charge in [0.2, 0.25) is 0 Å². The third-order valence-corrected chi connectivity index (χ3v) is 4.00. The van der Waals surface area contributed by atoms with E-state index in [1.807, 2.05) is 0 Å². The van der Waals surface area contributed by atoms with E-state index in [1.165, 1.54) is 4.90 Å². The molecule has 1 aliphatic heterocycles. The van der Waals surface area contributed by atoms with Crippen molar-refractivity contribution in [3.05, 3.63) is 28.8 Å². The molecule has 1 saturated heterocycles. The molecule has 2 amide bonds. The number of carbonyl (C=O) groups is 1. The van der Waals surface area contributed by atoms with Crippen LogP contribution in [0, 0.1) is 0 Å². The van der Waals surface area contributed by atoms with E-state index in [2.05, 4.69) is 5.32 Å². The maximum absolute atomic E-state index is 12.7. The summed E-state index contributed by atoms with van der Waals surface area (Å²) in [6, 6.07) is 2.25. The summed E-state index contributed by atoms with van der Waals surface area (Å²) in [6.07, 6.45) is -4.51. The zero-order valence-electron chi connectivity index (χ0n) is 11.9. The molecule has 23 heavy (non-hydrogen) atoms. The van der Waals surface area contributed by atoms with Crippen molar-refractivity contribution >= 4 is 40.6 Å². The van der Waals surface area contributed by atoms with Gasteiger partial charge in [-0.3, -0.25) is 0 Å². The lowest BCUT2D eigenvalue weighted by Crippen LogP contribution is -2.52. The highest BCUT2D eigenvalue weighted by molar-refractivity contribution is 7.80. The number of rotatable bonds is 1. The smallest absolute Gasteiger partial charge is 0.376 e. The van der Waals surface area contributed by atoms with Gasteiger partial charge in [-0.25, -0.2) is 4.79 Å². The highest BCUT2D eigenvalue weighted by Gasteiger charge is 2.31. The number of nitrogens with two attached hydrogens (primary N) is 1. The van der Waals surface area contributed by atoms with Crippen LogP contribution in [0.2, 0.25) is 5.02 Å². The van der Waals surface area contributed by atoms with Crippen LogP contribution < -0.4 is 11.1 Å². The van der Waals surface area contributed by atoms with Crippen molar-refractivity contribution in [2.45, 2.75) is 6.18 Å². The van der Waals surface area contributed by atoms with Crippen LogP contribution in [0.1, 0.15) is 5.56 Å². The Balaban J connectivity index is 2.05. The molecular weight excluding hydrogens is 353 g/mol. The van der Waals surface area contributed by atoms with Crippen molar-refractivity contribution in [1.29, 1.82) is 0 Å². The summed E-state index contributed by atoms with van der Waals surface area (Å²) in [6.45, 7) is 1.66. The average Bonchev–Trinajstić information content (AvgIpc) is 2.48. The minimum Gasteiger partial charge on any atom is -0.376 e. The molecule has 126 valence electrons. The van der Waals surface area contributed by atoms with E-state index in [9.17, 15) is 18.0 Å². The molecule has 0 aromatic heterocycles. The Bertz CT molecular complexity index is 618. The highest BCUT2D eigenvalue weighted by atomic mass is 35.5. The molecule has 5 nitrogen and oxygen atoms in total. The number of urea groups is 1. The molecule has 1 aromatic carbocycles. The zero-order chi connectivity index (χ0) is 17.2. The molecule has 2 rings (SSSR count). The molecule has 0 spiro atoms. The van der Waals surface area contributed by atoms with Crippen molar-refractivity contribution in [3.8, 4) is 0 Å². The lowest BCUT2D eigenvalue weighted by atomic mass is 10.2. The van der Waals surface area contributed by atoms with E-state index in [-0.39, 0.29) is 15.8 Å². The fourth-order valence-electron chi connectivity index (χ4n) is 2.12. The van der Waals surface area contributed by atoms with Gasteiger partial charge in [0.25, 0.3) is 0 Å². The Morgan fingerprint density at radius 1 is 1.22 bits per heavy atom. The van der Waals surface area contributed by atoms with Gasteiger partial charge >= 0.3 is 12.2 Å². The third kappa shape index (κ3) is 4.38. The second-order valence-corrected chi connectivity index (χ2v) is 5.76. The summed E-state index contributed by atoms with van der Waals surface area (Å²) < 4.78 is 38.1. The number of anilines is 1. The van der Waals surface area contributed by atoms with Crippen molar-refractivity contribution < 1.29 is 18.0 Å². The molecule has 0 aliphatic carbocycles. The molecule has 0 saturated carbocycles. The number of nitrogens with zero attached hydrogens (tertiary/aromatic N) is 2. The molecule has 1 aliphatic rings. The first-order valence-corrected chi connectivity index (χ1v) is 7.44. The van der Waals surface area contributed by atoms with Gasteiger partial charge in [-0.2, -0.15) is 13.2 Å². The quantitative estimate of drug-likeness (QED) is 0.750. The van der Waals surface area contributed by atoms with Crippen LogP contribution in [0.25, 0.3) is 0 Å². The molecule has 1 fully saturated rings. The van der Waals surface area contributed by atoms with Gasteiger partial charge in [0.1, 0.15) is 0 Å². The summed E-state index contributed by atoms with van der Waals surface area (Å²) >= 11 is 10.7. The number of hydrogen-bond donors (Lipinski definition) is 2. The summed E-state index contributed by atoms with van der Waals surface area (Å²) in [5.41, 5.74) is 4.54. The fraction of sp³-hybridized carbons (Fsp3) is 0.385. The first-order valence-electron chi connectivity index (χ1n) is 6.65. The van der Waals surface area contributed by atoms with Gasteiger partial charge in [-0.1, -0.05) is 11.6 Å². The van der Waals surface area contributed by atoms with E-state index < -0.39 is 17.8 Å². The van der Waals surface area contributed by atoms with Crippen LogP contribution in [-0.4, -0.2) is 47.1 Å². The Labute approximate surface area is 141 Å². The normalized spacial score (nSPS) is 15.5. The second-order valence-electron chi connectivity index (χ2n) is 4.93. The number of piperazine rings is 1. The van der Waals surface area contributed by atoms with Gasteiger partial charge in [-0.05, 0) is 30.4 Å². The number of halogens is 4. The maximum atomic E-state index is 12.7. The topological polar surface area (TPSA) is 61.6 Å². The SMILES string of the molecule is NC(=S)N1CCN(C(=O)Nc2cc(C(F)(F)F)ccc2Cl)CC1. The van der Waals surface area contributed by atoms with Crippen molar-refractivity contribution in [3.63, 3.8) is 0 Å². The van der Waals surface area contributed by atoms with Crippen molar-refractivity contribution in [2.24, 2.45) is 5.73 Å². The first kappa shape index (κ1) is 17.6. The van der Waals surface area contributed by atoms with E-state index in [0.717, 1.165) is 18.2 Å². The fourth-order valence-corrected chi connectivity index (χ4v) is 2.47. The van der Waals surface area contributed by atoms with E-state index in [4.69, 9.17) is 29.6 Å². The maximum Gasteiger partial charge on any atom is 0.416 e. The molecule has 1 aromatic rings. The summed E-state index contributed by atoms with van der Waals surface area (Å²) in [5, 5.41) is 2.70. The van der Waals surface area contributed by atoms with Gasteiger partial charge in [-0.15, -0.1) is 0 Å². The minimum absolute atomic E-state index is 0.0353. The molecule has 0 unspecified atom stereocenters. The number of alkyl halides is 3. The minimum atomic E-state index is -4.51. The Morgan fingerprint density at radius 2 is 1.78 bits per heavy atom. The predicted molar refractivity (Wildman–Crippen MR) is 85.4 cm³/mol. The molecule has 3 N–H and O–H groups in total. The molecule has 0 atom stereocenters. The number of amides is 2. The van der Waals surface area contributed by atoms with Gasteiger partial charge in [0.05, 0.1) is 16.3 Å². The zero-order valence-corrected chi connectivity index (χ0v) is 13.4. The van der Waals surface area contributed by atoms with Crippen LogP contribution in [0.4, 0.5) is 23.7 Å². The summed E-state index contributed by atoms with van der Waals surface area (Å²) in [7, 11) is 0. The van der Waals surface area contributed by atoms with Crippen LogP contribution in [0.5, 0.6) is 0 Å². The molecule has 0 bridgehead atoms. The van der Waals surface area contributed by atoms with E-state index >= 15 is 0 Å². The average molecular weight is 367 g/mol. The second kappa shape index (κ2) is 6.79. The molecule has 10 heteroatoms. The summed E-state index contributed by atoms with van der Waals surface area (Å²) in [5.74, 6) is 0. The molecule has 0 radical (unpaired) electrons. The Kier molecular flexibility index (Phi) is 5.20. The van der Waals surface area contributed by atoms with E-state index in [0.29, 0.717) is 26.2 Å². The number of carbonyl (C=O) groups excluding carboxylic acids is 1. The van der Waals surface area contributed by atoms with Crippen LogP contribution in [0.3, 0.4) is 0 Å².